The zero-order valence-corrected chi connectivity index (χ0v) is 16.4. The Labute approximate surface area is 162 Å². The van der Waals surface area contributed by atoms with Crippen LogP contribution in [-0.2, 0) is 4.79 Å². The lowest BCUT2D eigenvalue weighted by atomic mass is 10.1. The van der Waals surface area contributed by atoms with E-state index in [0.29, 0.717) is 28.7 Å². The van der Waals surface area contributed by atoms with Gasteiger partial charge in [-0.15, -0.1) is 11.7 Å². The van der Waals surface area contributed by atoms with Gasteiger partial charge in [-0.3, -0.25) is 14.7 Å². The molecular formula is C19H22N4O3S. The third-order valence-corrected chi connectivity index (χ3v) is 5.14. The fourth-order valence-electron chi connectivity index (χ4n) is 2.70. The van der Waals surface area contributed by atoms with Gasteiger partial charge in [0.25, 0.3) is 5.91 Å². The predicted molar refractivity (Wildman–Crippen MR) is 105 cm³/mol. The van der Waals surface area contributed by atoms with Crippen LogP contribution in [0, 0.1) is 0 Å². The lowest BCUT2D eigenvalue weighted by Crippen LogP contribution is -2.39. The molecule has 1 atom stereocenters. The first-order valence-corrected chi connectivity index (χ1v) is 9.60. The summed E-state index contributed by atoms with van der Waals surface area (Å²) in [6.07, 6.45) is 1.65. The second-order valence-corrected chi connectivity index (χ2v) is 7.85. The van der Waals surface area contributed by atoms with Gasteiger partial charge in [0.05, 0.1) is 10.9 Å². The number of rotatable bonds is 7. The molecule has 7 nitrogen and oxygen atoms in total. The van der Waals surface area contributed by atoms with Crippen LogP contribution in [0.15, 0.2) is 36.0 Å². The molecule has 0 bridgehead atoms. The van der Waals surface area contributed by atoms with E-state index in [0.717, 1.165) is 5.82 Å². The van der Waals surface area contributed by atoms with Crippen LogP contribution in [-0.4, -0.2) is 45.3 Å². The highest BCUT2D eigenvalue weighted by Gasteiger charge is 2.27. The number of hydrogen-bond acceptors (Lipinski definition) is 6. The van der Waals surface area contributed by atoms with Crippen molar-refractivity contribution in [3.05, 3.63) is 42.2 Å². The zero-order chi connectivity index (χ0) is 19.6. The topological polar surface area (TPSA) is 88.2 Å². The normalized spacial score (nSPS) is 14.7. The summed E-state index contributed by atoms with van der Waals surface area (Å²) in [5.74, 6) is 1.41. The van der Waals surface area contributed by atoms with E-state index in [-0.39, 0.29) is 29.5 Å². The van der Waals surface area contributed by atoms with E-state index in [4.69, 9.17) is 4.74 Å². The van der Waals surface area contributed by atoms with Crippen molar-refractivity contribution >= 4 is 29.1 Å². The number of nitrogens with one attached hydrogen (secondary N) is 1. The number of nitrogens with zero attached hydrogens (tertiary/aromatic N) is 3. The third kappa shape index (κ3) is 4.05. The van der Waals surface area contributed by atoms with E-state index in [1.165, 1.54) is 11.8 Å². The summed E-state index contributed by atoms with van der Waals surface area (Å²) in [5, 5.41) is 7.23. The van der Waals surface area contributed by atoms with Crippen LogP contribution in [0.2, 0.25) is 0 Å². The van der Waals surface area contributed by atoms with Crippen LogP contribution in [0.4, 0.5) is 5.69 Å². The summed E-state index contributed by atoms with van der Waals surface area (Å²) in [5.41, 5.74) is 1.11. The highest BCUT2D eigenvalue weighted by Crippen LogP contribution is 2.34. The van der Waals surface area contributed by atoms with Crippen LogP contribution < -0.4 is 9.64 Å². The minimum Gasteiger partial charge on any atom is -0.482 e. The zero-order valence-electron chi connectivity index (χ0n) is 15.6. The number of hydrogen-bond donors (Lipinski definition) is 1. The van der Waals surface area contributed by atoms with Gasteiger partial charge >= 0.3 is 0 Å². The Bertz CT molecular complexity index is 878. The molecule has 1 aliphatic rings. The number of carbonyl (C=O) groups is 2. The van der Waals surface area contributed by atoms with Gasteiger partial charge in [0, 0.05) is 18.0 Å². The summed E-state index contributed by atoms with van der Waals surface area (Å²) in [6, 6.07) is 5.15. The molecule has 3 rings (SSSR count). The van der Waals surface area contributed by atoms with E-state index < -0.39 is 0 Å². The van der Waals surface area contributed by atoms with Crippen molar-refractivity contribution in [3.8, 4) is 5.75 Å². The fraction of sp³-hybridized carbons (Fsp3) is 0.368. The van der Waals surface area contributed by atoms with E-state index >= 15 is 0 Å². The lowest BCUT2D eigenvalue weighted by molar-refractivity contribution is -0.121. The van der Waals surface area contributed by atoms with Gasteiger partial charge in [-0.1, -0.05) is 31.7 Å². The third-order valence-electron chi connectivity index (χ3n) is 4.18. The lowest BCUT2D eigenvalue weighted by Gasteiger charge is -2.29. The van der Waals surface area contributed by atoms with Gasteiger partial charge in [0.15, 0.2) is 12.4 Å². The van der Waals surface area contributed by atoms with Crippen molar-refractivity contribution in [1.82, 2.24) is 15.2 Å². The van der Waals surface area contributed by atoms with Gasteiger partial charge in [0.2, 0.25) is 5.16 Å². The van der Waals surface area contributed by atoms with Gasteiger partial charge < -0.3 is 9.64 Å². The van der Waals surface area contributed by atoms with Crippen molar-refractivity contribution in [3.63, 3.8) is 0 Å². The molecule has 0 saturated carbocycles. The van der Waals surface area contributed by atoms with Crippen molar-refractivity contribution < 1.29 is 14.3 Å². The number of ether oxygens (including phenoxy) is 1. The summed E-state index contributed by atoms with van der Waals surface area (Å²) in [6.45, 7) is 9.91. The summed E-state index contributed by atoms with van der Waals surface area (Å²) in [7, 11) is 0. The average Bonchev–Trinajstić information content (AvgIpc) is 3.12. The Morgan fingerprint density at radius 2 is 2.22 bits per heavy atom. The molecule has 1 aromatic carbocycles. The van der Waals surface area contributed by atoms with Crippen molar-refractivity contribution in [1.29, 1.82) is 0 Å². The molecule has 2 heterocycles. The van der Waals surface area contributed by atoms with Crippen LogP contribution in [0.5, 0.6) is 5.75 Å². The highest BCUT2D eigenvalue weighted by atomic mass is 32.2. The Hall–Kier alpha value is -2.61. The number of ketones is 1. The summed E-state index contributed by atoms with van der Waals surface area (Å²) >= 11 is 1.30. The number of benzene rings is 1. The first kappa shape index (κ1) is 19.2. The Balaban J connectivity index is 1.80. The monoisotopic (exact) mass is 386 g/mol. The van der Waals surface area contributed by atoms with E-state index in [2.05, 4.69) is 21.8 Å². The summed E-state index contributed by atoms with van der Waals surface area (Å²) < 4.78 is 5.46. The second-order valence-electron chi connectivity index (χ2n) is 6.55. The Morgan fingerprint density at radius 1 is 1.44 bits per heavy atom. The first-order valence-electron chi connectivity index (χ1n) is 8.72. The smallest absolute Gasteiger partial charge is 0.265 e. The molecule has 1 aliphatic heterocycles. The maximum absolute atomic E-state index is 12.9. The molecule has 0 spiro atoms. The van der Waals surface area contributed by atoms with Gasteiger partial charge in [-0.25, -0.2) is 4.98 Å². The van der Waals surface area contributed by atoms with Gasteiger partial charge in [-0.05, 0) is 25.1 Å². The van der Waals surface area contributed by atoms with Crippen molar-refractivity contribution in [2.75, 3.05) is 18.1 Å². The maximum atomic E-state index is 12.9. The van der Waals surface area contributed by atoms with E-state index in [1.807, 2.05) is 20.8 Å². The van der Waals surface area contributed by atoms with Crippen molar-refractivity contribution in [2.45, 2.75) is 37.1 Å². The minimum absolute atomic E-state index is 0.0105. The number of Topliss-reactive ketones (excluding diaryl/α,β-unsaturated/α-hetero) is 1. The number of anilines is 1. The number of thioether (sulfide) groups is 1. The van der Waals surface area contributed by atoms with Gasteiger partial charge in [-0.2, -0.15) is 0 Å². The molecule has 1 amide bonds. The molecule has 0 fully saturated rings. The Morgan fingerprint density at radius 3 is 2.89 bits per heavy atom. The number of fused-ring (bicyclic) bond motifs is 1. The SMILES string of the molecule is C=CCN1C(=O)COc2ccc(C(=O)C(C)Sc3n[nH]c(C(C)C)n3)cc21. The quantitative estimate of drug-likeness (QED) is 0.447. The molecule has 1 N–H and O–H groups in total. The molecule has 142 valence electrons. The fourth-order valence-corrected chi connectivity index (χ4v) is 3.51. The number of H-pyrrole nitrogens is 1. The predicted octanol–water partition coefficient (Wildman–Crippen LogP) is 3.20. The second kappa shape index (κ2) is 7.96. The molecular weight excluding hydrogens is 364 g/mol. The molecule has 1 unspecified atom stereocenters. The molecule has 0 radical (unpaired) electrons. The van der Waals surface area contributed by atoms with Crippen LogP contribution in [0.25, 0.3) is 0 Å². The number of carbonyl (C=O) groups excluding carboxylic acids is 2. The van der Waals surface area contributed by atoms with Crippen LogP contribution in [0.3, 0.4) is 0 Å². The first-order chi connectivity index (χ1) is 12.9. The van der Waals surface area contributed by atoms with Gasteiger partial charge in [0.1, 0.15) is 11.6 Å². The molecule has 0 saturated heterocycles. The van der Waals surface area contributed by atoms with Crippen molar-refractivity contribution in [2.24, 2.45) is 0 Å². The molecule has 0 aliphatic carbocycles. The Kier molecular flexibility index (Phi) is 5.65. The van der Waals surface area contributed by atoms with Crippen LogP contribution >= 0.6 is 11.8 Å². The molecule has 2 aromatic rings. The maximum Gasteiger partial charge on any atom is 0.265 e. The van der Waals surface area contributed by atoms with E-state index in [9.17, 15) is 9.59 Å². The highest BCUT2D eigenvalue weighted by molar-refractivity contribution is 8.00. The largest absolute Gasteiger partial charge is 0.482 e. The number of aromatic nitrogens is 3. The number of aromatic amines is 1. The number of amides is 1. The molecule has 27 heavy (non-hydrogen) atoms. The summed E-state index contributed by atoms with van der Waals surface area (Å²) in [4.78, 5) is 31.0. The molecule has 1 aromatic heterocycles. The van der Waals surface area contributed by atoms with E-state index in [1.54, 1.807) is 29.2 Å². The average molecular weight is 386 g/mol. The molecule has 8 heteroatoms. The standard InChI is InChI=1S/C19H22N4O3S/c1-5-8-23-14-9-13(6-7-15(14)26-10-16(23)24)17(25)12(4)27-19-20-18(11(2)3)21-22-19/h5-7,9,11-12H,1,8,10H2,2-4H3,(H,20,21,22). The van der Waals surface area contributed by atoms with Crippen LogP contribution in [0.1, 0.15) is 42.9 Å². The minimum atomic E-state index is -0.369.